The predicted octanol–water partition coefficient (Wildman–Crippen LogP) is 4.01. The van der Waals surface area contributed by atoms with Crippen LogP contribution in [0.25, 0.3) is 21.9 Å². The molecule has 7 aliphatic heterocycles. The minimum absolute atomic E-state index is 0.0309. The molecule has 2 bridgehead atoms. The molecule has 5 fully saturated rings. The molecule has 4 N–H and O–H groups in total. The molecule has 4 aromatic carbocycles. The van der Waals surface area contributed by atoms with Gasteiger partial charge >= 0.3 is 5.97 Å². The number of esters is 1. The largest absolute Gasteiger partial charge is 0.507 e. The smallest absolute Gasteiger partial charge is 0.338 e. The number of phenolic OH excluding ortho intramolecular Hbond substituents is 3. The van der Waals surface area contributed by atoms with Crippen LogP contribution in [0.5, 0.6) is 28.7 Å². The van der Waals surface area contributed by atoms with Crippen molar-refractivity contribution in [2.24, 2.45) is 5.92 Å². The van der Waals surface area contributed by atoms with E-state index in [1.54, 1.807) is 18.2 Å². The van der Waals surface area contributed by atoms with E-state index in [4.69, 9.17) is 28.1 Å². The van der Waals surface area contributed by atoms with Gasteiger partial charge in [-0.3, -0.25) is 14.4 Å². The highest BCUT2D eigenvalue weighted by Crippen LogP contribution is 2.66. The predicted molar refractivity (Wildman–Crippen MR) is 200 cm³/mol. The van der Waals surface area contributed by atoms with Crippen LogP contribution >= 0.6 is 0 Å². The van der Waals surface area contributed by atoms with Crippen molar-refractivity contribution in [1.29, 1.82) is 0 Å². The Bertz CT molecular complexity index is 2800. The van der Waals surface area contributed by atoms with Gasteiger partial charge in [0, 0.05) is 30.4 Å². The molecule has 1 unspecified atom stereocenters. The van der Waals surface area contributed by atoms with Gasteiger partial charge in [-0.1, -0.05) is 36.4 Å². The molecule has 0 saturated carbocycles. The van der Waals surface area contributed by atoms with Crippen LogP contribution in [0.2, 0.25) is 0 Å². The molecule has 8 atom stereocenters. The summed E-state index contributed by atoms with van der Waals surface area (Å²) in [7, 11) is 1.40. The molecule has 5 aromatic rings. The molecular weight excluding hydrogens is 752 g/mol. The van der Waals surface area contributed by atoms with Crippen LogP contribution in [0.1, 0.15) is 33.8 Å². The fourth-order valence-electron chi connectivity index (χ4n) is 10.3. The summed E-state index contributed by atoms with van der Waals surface area (Å²) in [6, 6.07) is 17.8. The van der Waals surface area contributed by atoms with E-state index in [1.807, 2.05) is 30.3 Å². The number of rotatable bonds is 5. The second-order valence-electron chi connectivity index (χ2n) is 15.4. The molecule has 5 saturated heterocycles. The molecular formula is C43H32N2O13. The van der Waals surface area contributed by atoms with Crippen LogP contribution in [0.4, 0.5) is 0 Å². The van der Waals surface area contributed by atoms with Gasteiger partial charge in [0.05, 0.1) is 37.2 Å². The average Bonchev–Trinajstić information content (AvgIpc) is 3.84. The summed E-state index contributed by atoms with van der Waals surface area (Å²) in [5, 5.41) is 33.9. The number of aromatic hydroxyl groups is 3. The van der Waals surface area contributed by atoms with E-state index >= 15 is 9.59 Å². The lowest BCUT2D eigenvalue weighted by Gasteiger charge is -2.62. The number of benzene rings is 4. The number of methoxy groups -OCH3 is 1. The number of hydrogen-bond donors (Lipinski definition) is 4. The van der Waals surface area contributed by atoms with Crippen molar-refractivity contribution in [1.82, 2.24) is 10.2 Å². The zero-order valence-corrected chi connectivity index (χ0v) is 30.4. The molecule has 12 rings (SSSR count). The second kappa shape index (κ2) is 11.8. The highest BCUT2D eigenvalue weighted by atomic mass is 16.7. The lowest BCUT2D eigenvalue weighted by atomic mass is 9.58. The van der Waals surface area contributed by atoms with Crippen LogP contribution in [0.15, 0.2) is 106 Å². The van der Waals surface area contributed by atoms with Crippen LogP contribution in [-0.4, -0.2) is 80.7 Å². The third-order valence-corrected chi connectivity index (χ3v) is 12.6. The number of amides is 2. The van der Waals surface area contributed by atoms with Gasteiger partial charge in [-0.25, -0.2) is 4.79 Å². The second-order valence-corrected chi connectivity index (χ2v) is 15.4. The molecule has 8 heterocycles. The van der Waals surface area contributed by atoms with Gasteiger partial charge in [-0.05, 0) is 47.5 Å². The summed E-state index contributed by atoms with van der Waals surface area (Å²) >= 11 is 0. The Balaban J connectivity index is 1.11. The van der Waals surface area contributed by atoms with Crippen LogP contribution in [0.3, 0.4) is 0 Å². The van der Waals surface area contributed by atoms with Crippen molar-refractivity contribution in [3.8, 4) is 28.7 Å². The quantitative estimate of drug-likeness (QED) is 0.113. The first kappa shape index (κ1) is 34.3. The first-order valence-corrected chi connectivity index (χ1v) is 18.6. The van der Waals surface area contributed by atoms with Gasteiger partial charge in [0.15, 0.2) is 11.5 Å². The van der Waals surface area contributed by atoms with Crippen LogP contribution in [-0.2, 0) is 30.2 Å². The number of hydrogen-bond acceptors (Lipinski definition) is 13. The van der Waals surface area contributed by atoms with E-state index in [0.717, 1.165) is 17.7 Å². The van der Waals surface area contributed by atoms with Crippen LogP contribution < -0.4 is 20.2 Å². The molecule has 292 valence electrons. The fraction of sp³-hybridized carbons (Fsp3) is 0.256. The van der Waals surface area contributed by atoms with Gasteiger partial charge < -0.3 is 53.6 Å². The van der Waals surface area contributed by atoms with Crippen LogP contribution in [0, 0.1) is 5.92 Å². The number of carbonyl (C=O) groups excluding carboxylic acids is 3. The third-order valence-electron chi connectivity index (χ3n) is 12.6. The summed E-state index contributed by atoms with van der Waals surface area (Å²) < 4.78 is 37.3. The first-order valence-electron chi connectivity index (χ1n) is 18.6. The number of fused-ring (bicyclic) bond motifs is 8. The molecule has 1 aromatic heterocycles. The molecule has 7 aliphatic rings. The third kappa shape index (κ3) is 4.30. The number of piperazine rings is 1. The number of piperidine rings is 2. The SMILES string of the molecule is COc1cc2c(c3oc4cccc(O)c4c(=O)c13)[C@H]1[C@@H](O2)O[C@H]2[C@@H]1C13CC4=COC=C[C@H](OC(=O)c5ccc(O)c(O)c5)[C@H]4N1C(=O)[C@@]2(Cc1ccccc1)NC3=O. The Hall–Kier alpha value is -7.00. The summed E-state index contributed by atoms with van der Waals surface area (Å²) in [6.07, 6.45) is 1.10. The Morgan fingerprint density at radius 1 is 0.966 bits per heavy atom. The summed E-state index contributed by atoms with van der Waals surface area (Å²) in [6.45, 7) is 0. The van der Waals surface area contributed by atoms with E-state index in [1.165, 1.54) is 42.7 Å². The molecule has 58 heavy (non-hydrogen) atoms. The lowest BCUT2D eigenvalue weighted by Crippen LogP contribution is -2.87. The summed E-state index contributed by atoms with van der Waals surface area (Å²) in [5.74, 6) is -4.16. The number of phenols is 3. The van der Waals surface area contributed by atoms with Crippen molar-refractivity contribution in [3.05, 3.63) is 124 Å². The Morgan fingerprint density at radius 3 is 2.59 bits per heavy atom. The molecule has 0 radical (unpaired) electrons. The number of carbonyl (C=O) groups is 3. The van der Waals surface area contributed by atoms with E-state index in [0.29, 0.717) is 16.9 Å². The van der Waals surface area contributed by atoms with E-state index in [9.17, 15) is 24.9 Å². The maximum Gasteiger partial charge on any atom is 0.338 e. The molecule has 15 heteroatoms. The minimum atomic E-state index is -1.68. The summed E-state index contributed by atoms with van der Waals surface area (Å²) in [5.41, 5.74) is -2.00. The maximum atomic E-state index is 15.5. The Labute approximate surface area is 327 Å². The number of nitrogens with zero attached hydrogens (tertiary/aromatic N) is 1. The normalized spacial score (nSPS) is 29.7. The molecule has 0 aliphatic carbocycles. The minimum Gasteiger partial charge on any atom is -0.507 e. The van der Waals surface area contributed by atoms with Gasteiger partial charge in [0.2, 0.25) is 17.6 Å². The van der Waals surface area contributed by atoms with E-state index < -0.39 is 82.2 Å². The number of nitrogens with one attached hydrogen (secondary N) is 1. The topological polar surface area (TPSA) is 204 Å². The number of ether oxygens (including phenoxy) is 5. The van der Waals surface area contributed by atoms with Gasteiger partial charge in [-0.15, -0.1) is 0 Å². The van der Waals surface area contributed by atoms with Crippen molar-refractivity contribution >= 4 is 39.7 Å². The summed E-state index contributed by atoms with van der Waals surface area (Å²) in [4.78, 5) is 60.0. The lowest BCUT2D eigenvalue weighted by molar-refractivity contribution is -0.199. The average molecular weight is 785 g/mol. The molecule has 1 spiro atoms. The zero-order valence-electron chi connectivity index (χ0n) is 30.4. The Morgan fingerprint density at radius 2 is 1.79 bits per heavy atom. The van der Waals surface area contributed by atoms with Crippen molar-refractivity contribution in [3.63, 3.8) is 0 Å². The van der Waals surface area contributed by atoms with Gasteiger partial charge in [0.25, 0.3) is 5.91 Å². The Kier molecular flexibility index (Phi) is 6.95. The fourth-order valence-corrected chi connectivity index (χ4v) is 10.3. The molecule has 2 amide bonds. The first-order chi connectivity index (χ1) is 28.1. The van der Waals surface area contributed by atoms with Gasteiger partial charge in [0.1, 0.15) is 62.5 Å². The van der Waals surface area contributed by atoms with E-state index in [-0.39, 0.29) is 51.8 Å². The standard InChI is InChI=1S/C43H32N2O13/c1-53-27-15-28-30(36-31(27)35(49)29-23(47)8-5-9-25(29)55-36)32-33-37(58-39(32)57-28)42(16-19-6-3-2-4-7-19)41(52)45-34-21(17-43(33,45)40(51)44-42)18-54-13-12-26(34)56-38(50)20-10-11-22(46)24(48)14-20/h2-15,18,26,32-34,37,39,46-48H,16-17H2,1H3,(H,44,51)/t26-,32+,33+,34-,37-,39-,42-,43?/m0/s1. The van der Waals surface area contributed by atoms with Gasteiger partial charge in [-0.2, -0.15) is 0 Å². The van der Waals surface area contributed by atoms with Crippen molar-refractivity contribution < 1.29 is 57.8 Å². The van der Waals surface area contributed by atoms with Crippen molar-refractivity contribution in [2.75, 3.05) is 7.11 Å². The molecule has 15 nitrogen and oxygen atoms in total. The highest BCUT2D eigenvalue weighted by Gasteiger charge is 2.82. The monoisotopic (exact) mass is 784 g/mol. The van der Waals surface area contributed by atoms with E-state index in [2.05, 4.69) is 5.32 Å². The van der Waals surface area contributed by atoms with Crippen molar-refractivity contribution in [2.45, 2.75) is 54.4 Å². The zero-order chi connectivity index (χ0) is 39.8. The maximum absolute atomic E-state index is 15.5. The highest BCUT2D eigenvalue weighted by molar-refractivity contribution is 6.08.